The van der Waals surface area contributed by atoms with E-state index < -0.39 is 17.4 Å². The maximum absolute atomic E-state index is 14.3. The summed E-state index contributed by atoms with van der Waals surface area (Å²) in [6.07, 6.45) is 7.43. The SMILES string of the molecule is CC1CCN(C(=O)OCC2(C)CC2)CC1.CCC(C)C.CN=Nc1cc(-c2ccc(C(C)=O)c(F)c2F)ncc1C(C)C. The van der Waals surface area contributed by atoms with Crippen LogP contribution in [0.4, 0.5) is 19.3 Å². The molecule has 238 valence electrons. The Hall–Kier alpha value is -3.23. The van der Waals surface area contributed by atoms with Gasteiger partial charge in [-0.3, -0.25) is 9.78 Å². The van der Waals surface area contributed by atoms with Crippen LogP contribution in [0.3, 0.4) is 0 Å². The van der Waals surface area contributed by atoms with Crippen molar-refractivity contribution in [1.82, 2.24) is 9.88 Å². The Kier molecular flexibility index (Phi) is 13.9. The van der Waals surface area contributed by atoms with E-state index in [2.05, 4.69) is 49.8 Å². The summed E-state index contributed by atoms with van der Waals surface area (Å²) >= 11 is 0. The van der Waals surface area contributed by atoms with Crippen molar-refractivity contribution in [3.8, 4) is 11.3 Å². The topological polar surface area (TPSA) is 84.2 Å². The summed E-state index contributed by atoms with van der Waals surface area (Å²) < 4.78 is 33.6. The molecular formula is C34H50F2N4O3. The molecule has 0 unspecified atom stereocenters. The molecule has 2 fully saturated rings. The molecule has 7 nitrogen and oxygen atoms in total. The predicted molar refractivity (Wildman–Crippen MR) is 168 cm³/mol. The Morgan fingerprint density at radius 2 is 1.72 bits per heavy atom. The largest absolute Gasteiger partial charge is 0.449 e. The number of azo groups is 1. The van der Waals surface area contributed by atoms with Gasteiger partial charge < -0.3 is 9.64 Å². The van der Waals surface area contributed by atoms with E-state index >= 15 is 0 Å². The lowest BCUT2D eigenvalue weighted by Gasteiger charge is -2.29. The predicted octanol–water partition coefficient (Wildman–Crippen LogP) is 9.77. The summed E-state index contributed by atoms with van der Waals surface area (Å²) in [5.74, 6) is -0.981. The normalized spacial score (nSPS) is 16.0. The van der Waals surface area contributed by atoms with Crippen LogP contribution in [0.15, 0.2) is 34.6 Å². The maximum atomic E-state index is 14.3. The zero-order valence-corrected chi connectivity index (χ0v) is 27.5. The number of Topliss-reactive ketones (excluding diaryl/α,β-unsaturated/α-hetero) is 1. The first-order chi connectivity index (χ1) is 20.2. The fourth-order valence-electron chi connectivity index (χ4n) is 4.14. The van der Waals surface area contributed by atoms with Crippen molar-refractivity contribution < 1.29 is 23.1 Å². The van der Waals surface area contributed by atoms with Crippen LogP contribution in [-0.4, -0.2) is 48.5 Å². The number of nitrogens with zero attached hydrogens (tertiary/aromatic N) is 4. The van der Waals surface area contributed by atoms with Crippen LogP contribution < -0.4 is 0 Å². The number of amides is 1. The van der Waals surface area contributed by atoms with Crippen LogP contribution in [0.5, 0.6) is 0 Å². The van der Waals surface area contributed by atoms with Crippen molar-refractivity contribution in [2.24, 2.45) is 27.5 Å². The van der Waals surface area contributed by atoms with Crippen LogP contribution in [0.25, 0.3) is 11.3 Å². The first kappa shape index (κ1) is 36.0. The zero-order chi connectivity index (χ0) is 32.3. The van der Waals surface area contributed by atoms with Crippen molar-refractivity contribution in [2.75, 3.05) is 26.7 Å². The van der Waals surface area contributed by atoms with Gasteiger partial charge in [0.15, 0.2) is 17.4 Å². The lowest BCUT2D eigenvalue weighted by molar-refractivity contribution is 0.0748. The number of halogens is 2. The number of hydrogen-bond acceptors (Lipinski definition) is 6. The minimum Gasteiger partial charge on any atom is -0.449 e. The van der Waals surface area contributed by atoms with Gasteiger partial charge in [0.2, 0.25) is 0 Å². The Bertz CT molecular complexity index is 1250. The molecular weight excluding hydrogens is 550 g/mol. The highest BCUT2D eigenvalue weighted by atomic mass is 19.2. The monoisotopic (exact) mass is 600 g/mol. The molecule has 2 heterocycles. The highest BCUT2D eigenvalue weighted by molar-refractivity contribution is 5.94. The molecule has 1 aromatic heterocycles. The van der Waals surface area contributed by atoms with Crippen molar-refractivity contribution in [3.63, 3.8) is 0 Å². The molecule has 4 rings (SSSR count). The number of hydrogen-bond donors (Lipinski definition) is 0. The van der Waals surface area contributed by atoms with Gasteiger partial charge in [0.1, 0.15) is 0 Å². The summed E-state index contributed by atoms with van der Waals surface area (Å²) in [6.45, 7) is 18.6. The third-order valence-corrected chi connectivity index (χ3v) is 7.99. The lowest BCUT2D eigenvalue weighted by Crippen LogP contribution is -2.38. The summed E-state index contributed by atoms with van der Waals surface area (Å²) in [5.41, 5.74) is 1.67. The number of pyridine rings is 1. The second kappa shape index (κ2) is 16.6. The summed E-state index contributed by atoms with van der Waals surface area (Å²) in [4.78, 5) is 29.0. The van der Waals surface area contributed by atoms with Crippen LogP contribution in [-0.2, 0) is 4.74 Å². The molecule has 1 saturated carbocycles. The first-order valence-corrected chi connectivity index (χ1v) is 15.4. The van der Waals surface area contributed by atoms with Crippen molar-refractivity contribution in [1.29, 1.82) is 0 Å². The van der Waals surface area contributed by atoms with Crippen LogP contribution in [0.2, 0.25) is 0 Å². The highest BCUT2D eigenvalue weighted by Crippen LogP contribution is 2.45. The molecule has 2 aliphatic rings. The molecule has 0 N–H and O–H groups in total. The minimum absolute atomic E-state index is 0.0182. The molecule has 9 heteroatoms. The summed E-state index contributed by atoms with van der Waals surface area (Å²) in [7, 11) is 1.53. The minimum atomic E-state index is -1.16. The summed E-state index contributed by atoms with van der Waals surface area (Å²) in [5, 5.41) is 7.77. The number of aromatic nitrogens is 1. The average Bonchev–Trinajstić information content (AvgIpc) is 3.71. The fraction of sp³-hybridized carbons (Fsp3) is 0.618. The lowest BCUT2D eigenvalue weighted by atomic mass is 10.00. The van der Waals surface area contributed by atoms with E-state index in [0.29, 0.717) is 17.7 Å². The molecule has 0 radical (unpaired) electrons. The fourth-order valence-corrected chi connectivity index (χ4v) is 4.14. The smallest absolute Gasteiger partial charge is 0.409 e. The summed E-state index contributed by atoms with van der Waals surface area (Å²) in [6, 6.07) is 4.17. The number of carbonyl (C=O) groups is 2. The van der Waals surface area contributed by atoms with Gasteiger partial charge in [-0.2, -0.15) is 10.2 Å². The molecule has 1 saturated heterocycles. The molecule has 1 aliphatic carbocycles. The van der Waals surface area contributed by atoms with Gasteiger partial charge in [-0.05, 0) is 68.6 Å². The number of benzene rings is 1. The van der Waals surface area contributed by atoms with Gasteiger partial charge in [-0.25, -0.2) is 13.6 Å². The molecule has 0 spiro atoms. The van der Waals surface area contributed by atoms with Gasteiger partial charge in [0, 0.05) is 42.9 Å². The molecule has 1 aliphatic heterocycles. The second-order valence-electron chi connectivity index (χ2n) is 12.8. The van der Waals surface area contributed by atoms with Gasteiger partial charge in [-0.1, -0.05) is 54.9 Å². The molecule has 0 atom stereocenters. The quantitative estimate of drug-likeness (QED) is 0.234. The Morgan fingerprint density at radius 3 is 2.21 bits per heavy atom. The van der Waals surface area contributed by atoms with E-state index in [4.69, 9.17) is 4.74 Å². The van der Waals surface area contributed by atoms with Crippen LogP contribution >= 0.6 is 0 Å². The van der Waals surface area contributed by atoms with E-state index in [1.807, 2.05) is 18.7 Å². The molecule has 2 aromatic rings. The number of rotatable bonds is 7. The van der Waals surface area contributed by atoms with Crippen molar-refractivity contribution in [2.45, 2.75) is 93.4 Å². The van der Waals surface area contributed by atoms with Gasteiger partial charge in [-0.15, -0.1) is 0 Å². The Balaban J connectivity index is 0.000000275. The molecule has 43 heavy (non-hydrogen) atoms. The third kappa shape index (κ3) is 11.1. The van der Waals surface area contributed by atoms with Crippen molar-refractivity contribution in [3.05, 3.63) is 47.2 Å². The Morgan fingerprint density at radius 1 is 1.12 bits per heavy atom. The number of likely N-dealkylation sites (tertiary alicyclic amines) is 1. The van der Waals surface area contributed by atoms with E-state index in [1.165, 1.54) is 45.4 Å². The van der Waals surface area contributed by atoms with E-state index in [-0.39, 0.29) is 28.8 Å². The van der Waals surface area contributed by atoms with E-state index in [0.717, 1.165) is 43.3 Å². The highest BCUT2D eigenvalue weighted by Gasteiger charge is 2.39. The average molecular weight is 601 g/mol. The maximum Gasteiger partial charge on any atom is 0.409 e. The van der Waals surface area contributed by atoms with Crippen LogP contribution in [0.1, 0.15) is 109 Å². The number of ketones is 1. The molecule has 1 aromatic carbocycles. The Labute approximate surface area is 256 Å². The van der Waals surface area contributed by atoms with Crippen LogP contribution in [0, 0.1) is 28.9 Å². The van der Waals surface area contributed by atoms with E-state index in [1.54, 1.807) is 12.3 Å². The standard InChI is InChI=1S/C17H17F2N3O.C12H21NO2.C5H12/c1-9(2)13-8-21-14(7-15(13)22-20-4)12-6-5-11(10(3)23)16(18)17(12)19;1-10-3-7-13(8-4-10)11(14)15-9-12(2)5-6-12;1-4-5(2)3/h5-9H,1-4H3;10H,3-9H2,1-2H3;5H,4H2,1-3H3. The number of ether oxygens (including phenoxy) is 1. The third-order valence-electron chi connectivity index (χ3n) is 7.99. The van der Waals surface area contributed by atoms with Crippen molar-refractivity contribution >= 4 is 17.6 Å². The molecule has 1 amide bonds. The molecule has 0 bridgehead atoms. The van der Waals surface area contributed by atoms with Gasteiger partial charge in [0.05, 0.1) is 23.6 Å². The zero-order valence-electron chi connectivity index (χ0n) is 27.5. The number of piperidine rings is 1. The second-order valence-corrected chi connectivity index (χ2v) is 12.8. The number of carbonyl (C=O) groups excluding carboxylic acids is 2. The van der Waals surface area contributed by atoms with Gasteiger partial charge in [0.25, 0.3) is 0 Å². The van der Waals surface area contributed by atoms with E-state index in [9.17, 15) is 18.4 Å². The first-order valence-electron chi connectivity index (χ1n) is 15.4. The van der Waals surface area contributed by atoms with Gasteiger partial charge >= 0.3 is 6.09 Å².